The molecule has 0 aromatic carbocycles. The van der Waals surface area contributed by atoms with Crippen molar-refractivity contribution in [2.45, 2.75) is 51.0 Å². The molecule has 0 amide bonds. The molecule has 1 saturated carbocycles. The lowest BCUT2D eigenvalue weighted by Crippen LogP contribution is -2.49. The second kappa shape index (κ2) is 5.05. The van der Waals surface area contributed by atoms with Gasteiger partial charge in [0.15, 0.2) is 0 Å². The summed E-state index contributed by atoms with van der Waals surface area (Å²) in [5.41, 5.74) is 0. The van der Waals surface area contributed by atoms with Gasteiger partial charge in [0.1, 0.15) is 0 Å². The van der Waals surface area contributed by atoms with Crippen molar-refractivity contribution in [1.29, 1.82) is 0 Å². The highest BCUT2D eigenvalue weighted by Gasteiger charge is 2.33. The number of hydrogen-bond donors (Lipinski definition) is 1. The highest BCUT2D eigenvalue weighted by Crippen LogP contribution is 2.35. The SMILES string of the molecule is C1CCC2C(C1)CCCN2CCC1CNC1. The van der Waals surface area contributed by atoms with Gasteiger partial charge in [0.05, 0.1) is 0 Å². The third-order valence-corrected chi connectivity index (χ3v) is 5.05. The molecule has 0 radical (unpaired) electrons. The molecule has 92 valence electrons. The highest BCUT2D eigenvalue weighted by molar-refractivity contribution is 4.88. The molecule has 1 aliphatic carbocycles. The summed E-state index contributed by atoms with van der Waals surface area (Å²) in [6.45, 7) is 5.33. The van der Waals surface area contributed by atoms with Crippen LogP contribution in [-0.2, 0) is 0 Å². The van der Waals surface area contributed by atoms with Crippen LogP contribution in [0.2, 0.25) is 0 Å². The first-order valence-electron chi connectivity index (χ1n) is 7.38. The van der Waals surface area contributed by atoms with Crippen molar-refractivity contribution in [3.63, 3.8) is 0 Å². The van der Waals surface area contributed by atoms with E-state index in [1.54, 1.807) is 0 Å². The van der Waals surface area contributed by atoms with Gasteiger partial charge in [0.25, 0.3) is 0 Å². The van der Waals surface area contributed by atoms with E-state index >= 15 is 0 Å². The summed E-state index contributed by atoms with van der Waals surface area (Å²) in [6.07, 6.45) is 10.4. The van der Waals surface area contributed by atoms with Crippen LogP contribution in [-0.4, -0.2) is 37.1 Å². The normalized spacial score (nSPS) is 36.8. The maximum Gasteiger partial charge on any atom is 0.0123 e. The fourth-order valence-corrected chi connectivity index (χ4v) is 3.91. The maximum atomic E-state index is 3.39. The van der Waals surface area contributed by atoms with E-state index in [4.69, 9.17) is 0 Å². The van der Waals surface area contributed by atoms with Gasteiger partial charge in [-0.3, -0.25) is 0 Å². The van der Waals surface area contributed by atoms with Crippen LogP contribution in [0.5, 0.6) is 0 Å². The minimum atomic E-state index is 0.968. The number of nitrogens with one attached hydrogen (secondary N) is 1. The molecule has 0 spiro atoms. The van der Waals surface area contributed by atoms with E-state index < -0.39 is 0 Å². The fraction of sp³-hybridized carbons (Fsp3) is 1.00. The molecule has 0 bridgehead atoms. The van der Waals surface area contributed by atoms with Crippen molar-refractivity contribution in [2.75, 3.05) is 26.2 Å². The molecule has 2 nitrogen and oxygen atoms in total. The Kier molecular flexibility index (Phi) is 3.49. The third kappa shape index (κ3) is 2.28. The van der Waals surface area contributed by atoms with Gasteiger partial charge >= 0.3 is 0 Å². The quantitative estimate of drug-likeness (QED) is 0.788. The van der Waals surface area contributed by atoms with E-state index in [-0.39, 0.29) is 0 Å². The molecule has 1 N–H and O–H groups in total. The van der Waals surface area contributed by atoms with Gasteiger partial charge in [-0.25, -0.2) is 0 Å². The molecule has 3 rings (SSSR count). The van der Waals surface area contributed by atoms with Crippen LogP contribution in [0.3, 0.4) is 0 Å². The standard InChI is InChI=1S/C14H26N2/c1-2-6-14-13(4-1)5-3-8-16(14)9-7-12-10-15-11-12/h12-15H,1-11H2. The first-order valence-corrected chi connectivity index (χ1v) is 7.38. The first-order chi connectivity index (χ1) is 7.93. The number of nitrogens with zero attached hydrogens (tertiary/aromatic N) is 1. The average Bonchev–Trinajstić information content (AvgIpc) is 2.27. The third-order valence-electron chi connectivity index (χ3n) is 5.05. The Balaban J connectivity index is 1.51. The number of fused-ring (bicyclic) bond motifs is 1. The lowest BCUT2D eigenvalue weighted by atomic mass is 9.78. The van der Waals surface area contributed by atoms with E-state index in [2.05, 4.69) is 10.2 Å². The second-order valence-corrected chi connectivity index (χ2v) is 6.10. The predicted molar refractivity (Wildman–Crippen MR) is 67.5 cm³/mol. The topological polar surface area (TPSA) is 15.3 Å². The largest absolute Gasteiger partial charge is 0.316 e. The Labute approximate surface area is 99.8 Å². The van der Waals surface area contributed by atoms with E-state index in [1.165, 1.54) is 71.1 Å². The van der Waals surface area contributed by atoms with Gasteiger partial charge in [0, 0.05) is 6.04 Å². The van der Waals surface area contributed by atoms with Crippen molar-refractivity contribution in [3.8, 4) is 0 Å². The lowest BCUT2D eigenvalue weighted by Gasteiger charge is -2.45. The van der Waals surface area contributed by atoms with E-state index in [0.717, 1.165) is 17.9 Å². The zero-order chi connectivity index (χ0) is 10.8. The minimum Gasteiger partial charge on any atom is -0.316 e. The molecule has 2 heteroatoms. The lowest BCUT2D eigenvalue weighted by molar-refractivity contribution is 0.0539. The van der Waals surface area contributed by atoms with Crippen molar-refractivity contribution in [3.05, 3.63) is 0 Å². The van der Waals surface area contributed by atoms with Crippen molar-refractivity contribution >= 4 is 0 Å². The summed E-state index contributed by atoms with van der Waals surface area (Å²) >= 11 is 0. The monoisotopic (exact) mass is 222 g/mol. The van der Waals surface area contributed by atoms with Crippen LogP contribution in [0.4, 0.5) is 0 Å². The fourth-order valence-electron chi connectivity index (χ4n) is 3.91. The minimum absolute atomic E-state index is 0.968. The van der Waals surface area contributed by atoms with E-state index in [9.17, 15) is 0 Å². The second-order valence-electron chi connectivity index (χ2n) is 6.10. The van der Waals surface area contributed by atoms with Crippen LogP contribution in [0.15, 0.2) is 0 Å². The molecule has 2 atom stereocenters. The molecule has 2 saturated heterocycles. The summed E-state index contributed by atoms with van der Waals surface area (Å²) in [6, 6.07) is 0.968. The molecule has 0 aromatic heterocycles. The highest BCUT2D eigenvalue weighted by atomic mass is 15.2. The number of likely N-dealkylation sites (tertiary alicyclic amines) is 1. The van der Waals surface area contributed by atoms with E-state index in [0.29, 0.717) is 0 Å². The number of hydrogen-bond acceptors (Lipinski definition) is 2. The van der Waals surface area contributed by atoms with Crippen LogP contribution < -0.4 is 5.32 Å². The van der Waals surface area contributed by atoms with Crippen molar-refractivity contribution < 1.29 is 0 Å². The van der Waals surface area contributed by atoms with Crippen molar-refractivity contribution in [1.82, 2.24) is 10.2 Å². The zero-order valence-electron chi connectivity index (χ0n) is 10.5. The molecule has 2 aliphatic heterocycles. The van der Waals surface area contributed by atoms with Gasteiger partial charge in [-0.15, -0.1) is 0 Å². The van der Waals surface area contributed by atoms with Gasteiger partial charge in [-0.2, -0.15) is 0 Å². The van der Waals surface area contributed by atoms with E-state index in [1.807, 2.05) is 0 Å². The number of piperidine rings is 1. The zero-order valence-corrected chi connectivity index (χ0v) is 10.5. The molecule has 3 aliphatic rings. The molecular formula is C14H26N2. The maximum absolute atomic E-state index is 3.39. The van der Waals surface area contributed by atoms with Gasteiger partial charge < -0.3 is 10.2 Å². The van der Waals surface area contributed by atoms with Crippen LogP contribution in [0, 0.1) is 11.8 Å². The number of rotatable bonds is 3. The van der Waals surface area contributed by atoms with Crippen LogP contribution in [0.1, 0.15) is 44.9 Å². The summed E-state index contributed by atoms with van der Waals surface area (Å²) in [5, 5.41) is 3.39. The molecular weight excluding hydrogens is 196 g/mol. The van der Waals surface area contributed by atoms with Crippen molar-refractivity contribution in [2.24, 2.45) is 11.8 Å². The molecule has 2 heterocycles. The smallest absolute Gasteiger partial charge is 0.0123 e. The van der Waals surface area contributed by atoms with Gasteiger partial charge in [-0.1, -0.05) is 12.8 Å². The molecule has 2 unspecified atom stereocenters. The Morgan fingerprint density at radius 3 is 2.62 bits per heavy atom. The Hall–Kier alpha value is -0.0800. The predicted octanol–water partition coefficient (Wildman–Crippen LogP) is 2.25. The average molecular weight is 222 g/mol. The Morgan fingerprint density at radius 2 is 1.81 bits per heavy atom. The molecule has 16 heavy (non-hydrogen) atoms. The Morgan fingerprint density at radius 1 is 1.00 bits per heavy atom. The first kappa shape index (κ1) is 11.0. The summed E-state index contributed by atoms with van der Waals surface area (Å²) in [7, 11) is 0. The summed E-state index contributed by atoms with van der Waals surface area (Å²) in [5.74, 6) is 2.05. The Bertz CT molecular complexity index is 223. The van der Waals surface area contributed by atoms with Gasteiger partial charge in [-0.05, 0) is 70.1 Å². The van der Waals surface area contributed by atoms with Gasteiger partial charge in [0.2, 0.25) is 0 Å². The van der Waals surface area contributed by atoms with Crippen LogP contribution >= 0.6 is 0 Å². The molecule has 0 aromatic rings. The van der Waals surface area contributed by atoms with Crippen LogP contribution in [0.25, 0.3) is 0 Å². The summed E-state index contributed by atoms with van der Waals surface area (Å²) < 4.78 is 0. The molecule has 3 fully saturated rings. The summed E-state index contributed by atoms with van der Waals surface area (Å²) in [4.78, 5) is 2.84.